The van der Waals surface area contributed by atoms with E-state index in [0.29, 0.717) is 18.5 Å². The van der Waals surface area contributed by atoms with E-state index in [0.717, 1.165) is 19.4 Å². The summed E-state index contributed by atoms with van der Waals surface area (Å²) in [5.74, 6) is 0.628. The summed E-state index contributed by atoms with van der Waals surface area (Å²) >= 11 is 0. The molecule has 6 heteroatoms. The summed E-state index contributed by atoms with van der Waals surface area (Å²) in [4.78, 5) is 16.0. The molecule has 0 radical (unpaired) electrons. The lowest BCUT2D eigenvalue weighted by Crippen LogP contribution is -2.45. The van der Waals surface area contributed by atoms with Crippen LogP contribution in [0.25, 0.3) is 0 Å². The number of methoxy groups -OCH3 is 1. The molecular weight excluding hydrogens is 268 g/mol. The highest BCUT2D eigenvalue weighted by Crippen LogP contribution is 2.21. The van der Waals surface area contributed by atoms with Crippen molar-refractivity contribution in [1.29, 1.82) is 0 Å². The molecule has 1 unspecified atom stereocenters. The van der Waals surface area contributed by atoms with Gasteiger partial charge in [0.15, 0.2) is 5.96 Å². The van der Waals surface area contributed by atoms with Crippen LogP contribution in [0.5, 0.6) is 0 Å². The Morgan fingerprint density at radius 1 is 1.33 bits per heavy atom. The van der Waals surface area contributed by atoms with Crippen LogP contribution < -0.4 is 16.0 Å². The Labute approximate surface area is 128 Å². The number of rotatable bonds is 7. The van der Waals surface area contributed by atoms with E-state index in [-0.39, 0.29) is 24.0 Å². The number of hydrogen-bond donors (Lipinski definition) is 3. The van der Waals surface area contributed by atoms with Gasteiger partial charge in [-0.3, -0.25) is 4.79 Å². The molecule has 1 fully saturated rings. The van der Waals surface area contributed by atoms with Gasteiger partial charge in [-0.2, -0.15) is 0 Å². The maximum Gasteiger partial charge on any atom is 0.242 e. The molecule has 1 amide bonds. The topological polar surface area (TPSA) is 74.8 Å². The van der Waals surface area contributed by atoms with E-state index in [1.165, 1.54) is 0 Å². The summed E-state index contributed by atoms with van der Waals surface area (Å²) in [6.07, 6.45) is 2.26. The Bertz CT molecular complexity index is 359. The Kier molecular flexibility index (Phi) is 6.95. The smallest absolute Gasteiger partial charge is 0.242 e. The van der Waals surface area contributed by atoms with Gasteiger partial charge in [-0.1, -0.05) is 20.8 Å². The van der Waals surface area contributed by atoms with Crippen LogP contribution in [0.4, 0.5) is 0 Å². The molecule has 1 saturated carbocycles. The number of amides is 1. The molecule has 21 heavy (non-hydrogen) atoms. The van der Waals surface area contributed by atoms with Crippen LogP contribution in [0.3, 0.4) is 0 Å². The fourth-order valence-electron chi connectivity index (χ4n) is 1.93. The Balaban J connectivity index is 2.45. The second-order valence-electron chi connectivity index (χ2n) is 6.51. The minimum absolute atomic E-state index is 0.0196. The first-order chi connectivity index (χ1) is 9.86. The van der Waals surface area contributed by atoms with Gasteiger partial charge in [0.05, 0.1) is 6.10 Å². The van der Waals surface area contributed by atoms with Gasteiger partial charge in [0, 0.05) is 26.2 Å². The fourth-order valence-corrected chi connectivity index (χ4v) is 1.93. The number of ether oxygens (including phenoxy) is 1. The highest BCUT2D eigenvalue weighted by atomic mass is 16.5. The van der Waals surface area contributed by atoms with Crippen molar-refractivity contribution in [2.75, 3.05) is 26.7 Å². The van der Waals surface area contributed by atoms with Crippen molar-refractivity contribution in [1.82, 2.24) is 16.0 Å². The lowest BCUT2D eigenvalue weighted by molar-refractivity contribution is -0.119. The number of carbonyl (C=O) groups excluding carboxylic acids is 1. The molecule has 0 aromatic heterocycles. The third-order valence-corrected chi connectivity index (χ3v) is 3.37. The van der Waals surface area contributed by atoms with E-state index >= 15 is 0 Å². The van der Waals surface area contributed by atoms with Crippen LogP contribution in [0, 0.1) is 5.41 Å². The van der Waals surface area contributed by atoms with E-state index in [1.54, 1.807) is 7.11 Å². The average Bonchev–Trinajstić information content (AvgIpc) is 3.18. The van der Waals surface area contributed by atoms with Crippen molar-refractivity contribution < 1.29 is 9.53 Å². The molecule has 0 saturated heterocycles. The molecule has 1 aliphatic carbocycles. The zero-order valence-electron chi connectivity index (χ0n) is 14.0. The van der Waals surface area contributed by atoms with Crippen LogP contribution in [0.15, 0.2) is 4.99 Å². The van der Waals surface area contributed by atoms with Crippen LogP contribution >= 0.6 is 0 Å². The average molecular weight is 298 g/mol. The molecule has 0 aromatic rings. The van der Waals surface area contributed by atoms with Gasteiger partial charge in [-0.05, 0) is 25.2 Å². The van der Waals surface area contributed by atoms with Crippen LogP contribution in [0.1, 0.15) is 40.5 Å². The second kappa shape index (κ2) is 8.22. The lowest BCUT2D eigenvalue weighted by atomic mass is 9.89. The Hall–Kier alpha value is -1.30. The van der Waals surface area contributed by atoms with Crippen molar-refractivity contribution in [3.05, 3.63) is 0 Å². The van der Waals surface area contributed by atoms with Crippen molar-refractivity contribution >= 4 is 11.9 Å². The maximum atomic E-state index is 11.7. The number of carbonyl (C=O) groups is 1. The SMILES string of the molecule is CCNC(=NCC(=O)NC1CC1)NCC(OC)C(C)(C)C. The number of guanidine groups is 1. The van der Waals surface area contributed by atoms with Gasteiger partial charge in [0.2, 0.25) is 5.91 Å². The van der Waals surface area contributed by atoms with Gasteiger partial charge < -0.3 is 20.7 Å². The van der Waals surface area contributed by atoms with Gasteiger partial charge in [0.25, 0.3) is 0 Å². The molecule has 1 aliphatic rings. The first-order valence-electron chi connectivity index (χ1n) is 7.71. The summed E-state index contributed by atoms with van der Waals surface area (Å²) in [5.41, 5.74) is 0.0441. The first-order valence-corrected chi connectivity index (χ1v) is 7.71. The van der Waals surface area contributed by atoms with Crippen LogP contribution in [-0.2, 0) is 9.53 Å². The van der Waals surface area contributed by atoms with Crippen molar-refractivity contribution in [3.63, 3.8) is 0 Å². The Morgan fingerprint density at radius 3 is 2.48 bits per heavy atom. The van der Waals surface area contributed by atoms with E-state index in [2.05, 4.69) is 41.7 Å². The van der Waals surface area contributed by atoms with E-state index in [4.69, 9.17) is 4.74 Å². The van der Waals surface area contributed by atoms with Gasteiger partial charge >= 0.3 is 0 Å². The van der Waals surface area contributed by atoms with E-state index in [1.807, 2.05) is 6.92 Å². The monoisotopic (exact) mass is 298 g/mol. The minimum Gasteiger partial charge on any atom is -0.379 e. The summed E-state index contributed by atoms with van der Waals surface area (Å²) in [7, 11) is 1.71. The standard InChI is InChI=1S/C15H30N4O2/c1-6-16-14(17-9-12(21-5)15(2,3)4)18-10-13(20)19-11-7-8-11/h11-12H,6-10H2,1-5H3,(H,19,20)(H2,16,17,18). The molecule has 1 rings (SSSR count). The van der Waals surface area contributed by atoms with E-state index < -0.39 is 0 Å². The van der Waals surface area contributed by atoms with Gasteiger partial charge in [-0.15, -0.1) is 0 Å². The molecule has 1 atom stereocenters. The normalized spacial score (nSPS) is 17.3. The third kappa shape index (κ3) is 7.32. The molecule has 0 spiro atoms. The maximum absolute atomic E-state index is 11.7. The summed E-state index contributed by atoms with van der Waals surface area (Å²) in [6.45, 7) is 9.96. The molecule has 3 N–H and O–H groups in total. The van der Waals surface area contributed by atoms with Gasteiger partial charge in [0.1, 0.15) is 6.54 Å². The van der Waals surface area contributed by atoms with Crippen molar-refractivity contribution in [2.24, 2.45) is 10.4 Å². The molecular formula is C15H30N4O2. The number of nitrogens with one attached hydrogen (secondary N) is 3. The summed E-state index contributed by atoms with van der Waals surface area (Å²) < 4.78 is 5.51. The summed E-state index contributed by atoms with van der Waals surface area (Å²) in [5, 5.41) is 9.30. The Morgan fingerprint density at radius 2 is 2.00 bits per heavy atom. The lowest BCUT2D eigenvalue weighted by Gasteiger charge is -2.30. The first kappa shape index (κ1) is 17.8. The van der Waals surface area contributed by atoms with Crippen LogP contribution in [-0.4, -0.2) is 50.8 Å². The zero-order chi connectivity index (χ0) is 15.9. The predicted octanol–water partition coefficient (Wildman–Crippen LogP) is 0.881. The third-order valence-electron chi connectivity index (χ3n) is 3.37. The zero-order valence-corrected chi connectivity index (χ0v) is 14.0. The predicted molar refractivity (Wildman–Crippen MR) is 85.4 cm³/mol. The van der Waals surface area contributed by atoms with Crippen molar-refractivity contribution in [2.45, 2.75) is 52.7 Å². The van der Waals surface area contributed by atoms with E-state index in [9.17, 15) is 4.79 Å². The molecule has 0 aromatic carbocycles. The minimum atomic E-state index is -0.0196. The number of hydrogen-bond acceptors (Lipinski definition) is 3. The number of aliphatic imine (C=N–C) groups is 1. The quantitative estimate of drug-likeness (QED) is 0.482. The summed E-state index contributed by atoms with van der Waals surface area (Å²) in [6, 6.07) is 0.377. The second-order valence-corrected chi connectivity index (χ2v) is 6.51. The molecule has 6 nitrogen and oxygen atoms in total. The number of nitrogens with zero attached hydrogens (tertiary/aromatic N) is 1. The fraction of sp³-hybridized carbons (Fsp3) is 0.867. The molecule has 122 valence electrons. The van der Waals surface area contributed by atoms with Gasteiger partial charge in [-0.25, -0.2) is 4.99 Å². The van der Waals surface area contributed by atoms with Crippen molar-refractivity contribution in [3.8, 4) is 0 Å². The highest BCUT2D eigenvalue weighted by molar-refractivity contribution is 5.85. The largest absolute Gasteiger partial charge is 0.379 e. The van der Waals surface area contributed by atoms with Crippen LogP contribution in [0.2, 0.25) is 0 Å². The molecule has 0 bridgehead atoms. The molecule has 0 aliphatic heterocycles. The highest BCUT2D eigenvalue weighted by Gasteiger charge is 2.25. The molecule has 0 heterocycles.